The molecule has 0 atom stereocenters. The molecule has 2 heterocycles. The smallest absolute Gasteiger partial charge is 0.266 e. The molecule has 3 aromatic rings. The summed E-state index contributed by atoms with van der Waals surface area (Å²) in [4.78, 5) is 17.1. The van der Waals surface area contributed by atoms with E-state index >= 15 is 0 Å². The lowest BCUT2D eigenvalue weighted by molar-refractivity contribution is 0.103. The van der Waals surface area contributed by atoms with E-state index in [1.807, 2.05) is 54.8 Å². The fourth-order valence-corrected chi connectivity index (χ4v) is 3.00. The predicted octanol–water partition coefficient (Wildman–Crippen LogP) is 4.29. The molecule has 1 amide bonds. The first-order valence-electron chi connectivity index (χ1n) is 7.72. The molecule has 0 saturated carbocycles. The van der Waals surface area contributed by atoms with Crippen molar-refractivity contribution in [2.75, 3.05) is 12.4 Å². The van der Waals surface area contributed by atoms with Crippen molar-refractivity contribution in [2.45, 2.75) is 13.5 Å². The van der Waals surface area contributed by atoms with Gasteiger partial charge in [-0.2, -0.15) is 0 Å². The van der Waals surface area contributed by atoms with Crippen LogP contribution >= 0.6 is 11.3 Å². The maximum Gasteiger partial charge on any atom is 0.266 e. The van der Waals surface area contributed by atoms with Gasteiger partial charge in [0.2, 0.25) is 0 Å². The molecule has 0 saturated heterocycles. The van der Waals surface area contributed by atoms with Crippen LogP contribution in [0.1, 0.15) is 20.8 Å². The van der Waals surface area contributed by atoms with Crippen molar-refractivity contribution in [3.8, 4) is 11.5 Å². The summed E-state index contributed by atoms with van der Waals surface area (Å²) in [7, 11) is 1.62. The third-order valence-corrected chi connectivity index (χ3v) is 4.46. The number of nitrogens with zero attached hydrogens (tertiary/aromatic N) is 1. The average Bonchev–Trinajstić information content (AvgIpc) is 3.09. The van der Waals surface area contributed by atoms with Crippen molar-refractivity contribution >= 4 is 23.1 Å². The molecule has 2 aromatic heterocycles. The number of ether oxygens (including phenoxy) is 2. The molecule has 3 rings (SSSR count). The van der Waals surface area contributed by atoms with Crippen LogP contribution in [0.2, 0.25) is 0 Å². The van der Waals surface area contributed by atoms with E-state index in [-0.39, 0.29) is 5.91 Å². The van der Waals surface area contributed by atoms with E-state index in [9.17, 15) is 4.79 Å². The first kappa shape index (κ1) is 17.0. The summed E-state index contributed by atoms with van der Waals surface area (Å²) in [5, 5.41) is 4.72. The van der Waals surface area contributed by atoms with Crippen LogP contribution in [0, 0.1) is 6.92 Å². The molecule has 5 nitrogen and oxygen atoms in total. The number of benzene rings is 1. The molecule has 0 radical (unpaired) electrons. The van der Waals surface area contributed by atoms with E-state index in [0.29, 0.717) is 17.3 Å². The normalized spacial score (nSPS) is 10.3. The lowest BCUT2D eigenvalue weighted by atomic mass is 10.3. The van der Waals surface area contributed by atoms with Gasteiger partial charge in [0.25, 0.3) is 5.91 Å². The summed E-state index contributed by atoms with van der Waals surface area (Å²) in [6.45, 7) is 2.34. The summed E-state index contributed by atoms with van der Waals surface area (Å²) in [6.07, 6.45) is 1.67. The standard InChI is InChI=1S/C19H18N2O3S/c1-13-6-7-20-18(8-13)21-19(22)17-9-14(12-25-17)11-24-16-5-3-4-15(10-16)23-2/h3-10,12H,11H2,1-2H3,(H,20,21,22). The molecular formula is C19H18N2O3S. The molecular weight excluding hydrogens is 336 g/mol. The number of aryl methyl sites for hydroxylation is 1. The zero-order chi connectivity index (χ0) is 17.6. The van der Waals surface area contributed by atoms with Crippen molar-refractivity contribution in [3.63, 3.8) is 0 Å². The Labute approximate surface area is 150 Å². The van der Waals surface area contributed by atoms with Gasteiger partial charge >= 0.3 is 0 Å². The van der Waals surface area contributed by atoms with Crippen LogP contribution < -0.4 is 14.8 Å². The Morgan fingerprint density at radius 3 is 2.84 bits per heavy atom. The minimum Gasteiger partial charge on any atom is -0.497 e. The van der Waals surface area contributed by atoms with Gasteiger partial charge in [0.1, 0.15) is 23.9 Å². The summed E-state index contributed by atoms with van der Waals surface area (Å²) >= 11 is 1.38. The fraction of sp³-hybridized carbons (Fsp3) is 0.158. The van der Waals surface area contributed by atoms with E-state index in [4.69, 9.17) is 9.47 Å². The van der Waals surface area contributed by atoms with E-state index in [1.54, 1.807) is 13.3 Å². The van der Waals surface area contributed by atoms with Gasteiger partial charge in [-0.1, -0.05) is 6.07 Å². The van der Waals surface area contributed by atoms with Crippen LogP contribution in [-0.2, 0) is 6.61 Å². The first-order chi connectivity index (χ1) is 12.1. The van der Waals surface area contributed by atoms with Crippen molar-refractivity contribution in [1.29, 1.82) is 0 Å². The topological polar surface area (TPSA) is 60.5 Å². The van der Waals surface area contributed by atoms with Gasteiger partial charge in [-0.3, -0.25) is 4.79 Å². The molecule has 0 bridgehead atoms. The van der Waals surface area contributed by atoms with Gasteiger partial charge < -0.3 is 14.8 Å². The van der Waals surface area contributed by atoms with Gasteiger partial charge in [-0.15, -0.1) is 11.3 Å². The van der Waals surface area contributed by atoms with Crippen LogP contribution in [0.5, 0.6) is 11.5 Å². The number of rotatable bonds is 6. The van der Waals surface area contributed by atoms with Crippen molar-refractivity contribution < 1.29 is 14.3 Å². The molecule has 0 spiro atoms. The lowest BCUT2D eigenvalue weighted by Crippen LogP contribution is -2.11. The quantitative estimate of drug-likeness (QED) is 0.717. The third-order valence-electron chi connectivity index (χ3n) is 3.48. The minimum absolute atomic E-state index is 0.171. The van der Waals surface area contributed by atoms with E-state index < -0.39 is 0 Å². The Morgan fingerprint density at radius 1 is 1.20 bits per heavy atom. The maximum atomic E-state index is 12.3. The third kappa shape index (κ3) is 4.58. The summed E-state index contributed by atoms with van der Waals surface area (Å²) < 4.78 is 10.9. The van der Waals surface area contributed by atoms with Crippen molar-refractivity contribution in [2.24, 2.45) is 0 Å². The summed E-state index contributed by atoms with van der Waals surface area (Å²) in [5.74, 6) is 1.84. The zero-order valence-electron chi connectivity index (χ0n) is 14.0. The number of carbonyl (C=O) groups excluding carboxylic acids is 1. The molecule has 6 heteroatoms. The molecule has 0 aliphatic carbocycles. The summed E-state index contributed by atoms with van der Waals surface area (Å²) in [6, 6.07) is 13.0. The molecule has 128 valence electrons. The fourth-order valence-electron chi connectivity index (χ4n) is 2.21. The number of carbonyl (C=O) groups is 1. The lowest BCUT2D eigenvalue weighted by Gasteiger charge is -2.06. The number of methoxy groups -OCH3 is 1. The molecule has 0 fully saturated rings. The number of thiophene rings is 1. The van der Waals surface area contributed by atoms with Crippen LogP contribution in [0.4, 0.5) is 5.82 Å². The van der Waals surface area contributed by atoms with Crippen molar-refractivity contribution in [1.82, 2.24) is 4.98 Å². The minimum atomic E-state index is -0.171. The van der Waals surface area contributed by atoms with Gasteiger partial charge in [0.05, 0.1) is 12.0 Å². The summed E-state index contributed by atoms with van der Waals surface area (Å²) in [5.41, 5.74) is 1.99. The van der Waals surface area contributed by atoms with Gasteiger partial charge in [-0.25, -0.2) is 4.98 Å². The van der Waals surface area contributed by atoms with Gasteiger partial charge in [-0.05, 0) is 48.2 Å². The second-order valence-electron chi connectivity index (χ2n) is 5.46. The highest BCUT2D eigenvalue weighted by Gasteiger charge is 2.11. The van der Waals surface area contributed by atoms with Gasteiger partial charge in [0.15, 0.2) is 0 Å². The largest absolute Gasteiger partial charge is 0.497 e. The molecule has 0 aliphatic heterocycles. The monoisotopic (exact) mass is 354 g/mol. The molecule has 25 heavy (non-hydrogen) atoms. The number of pyridine rings is 1. The van der Waals surface area contributed by atoms with Crippen LogP contribution in [0.25, 0.3) is 0 Å². The Bertz CT molecular complexity index is 876. The zero-order valence-corrected chi connectivity index (χ0v) is 14.8. The van der Waals surface area contributed by atoms with E-state index in [1.165, 1.54) is 11.3 Å². The Hall–Kier alpha value is -2.86. The van der Waals surface area contributed by atoms with Crippen LogP contribution in [-0.4, -0.2) is 18.0 Å². The Morgan fingerprint density at radius 2 is 2.04 bits per heavy atom. The molecule has 0 aliphatic rings. The number of hydrogen-bond acceptors (Lipinski definition) is 5. The van der Waals surface area contributed by atoms with Crippen LogP contribution in [0.15, 0.2) is 54.0 Å². The van der Waals surface area contributed by atoms with E-state index in [2.05, 4.69) is 10.3 Å². The second kappa shape index (κ2) is 7.81. The highest BCUT2D eigenvalue weighted by atomic mass is 32.1. The highest BCUT2D eigenvalue weighted by molar-refractivity contribution is 7.12. The molecule has 1 N–H and O–H groups in total. The van der Waals surface area contributed by atoms with E-state index in [0.717, 1.165) is 22.6 Å². The predicted molar refractivity (Wildman–Crippen MR) is 98.6 cm³/mol. The Kier molecular flexibility index (Phi) is 5.30. The number of nitrogens with one attached hydrogen (secondary N) is 1. The highest BCUT2D eigenvalue weighted by Crippen LogP contribution is 2.22. The number of amides is 1. The number of hydrogen-bond donors (Lipinski definition) is 1. The average molecular weight is 354 g/mol. The molecule has 0 unspecified atom stereocenters. The maximum absolute atomic E-state index is 12.3. The second-order valence-corrected chi connectivity index (χ2v) is 6.37. The Balaban J connectivity index is 1.60. The van der Waals surface area contributed by atoms with Crippen molar-refractivity contribution in [3.05, 3.63) is 70.0 Å². The first-order valence-corrected chi connectivity index (χ1v) is 8.60. The number of anilines is 1. The van der Waals surface area contributed by atoms with Gasteiger partial charge in [0, 0.05) is 17.8 Å². The molecule has 1 aromatic carbocycles. The van der Waals surface area contributed by atoms with Crippen LogP contribution in [0.3, 0.4) is 0 Å². The number of aromatic nitrogens is 1. The SMILES string of the molecule is COc1cccc(OCc2csc(C(=O)Nc3cc(C)ccn3)c2)c1.